The van der Waals surface area contributed by atoms with Crippen LogP contribution in [0, 0.1) is 19.8 Å². The van der Waals surface area contributed by atoms with Crippen LogP contribution < -0.4 is 5.73 Å². The lowest BCUT2D eigenvalue weighted by Gasteiger charge is -2.37. The van der Waals surface area contributed by atoms with E-state index in [9.17, 15) is 8.42 Å². The number of benzene rings is 1. The van der Waals surface area contributed by atoms with Crippen LogP contribution in [-0.4, -0.2) is 32.4 Å². The highest BCUT2D eigenvalue weighted by molar-refractivity contribution is 7.89. The maximum Gasteiger partial charge on any atom is 0.243 e. The zero-order chi connectivity index (χ0) is 12.6. The SMILES string of the molecule is Cc1ccc(S(=O)(=O)N2CC(CN)C2)cc1C. The molecule has 94 valence electrons. The Hall–Kier alpha value is -0.910. The average Bonchev–Trinajstić information content (AvgIpc) is 2.20. The predicted octanol–water partition coefficient (Wildman–Crippen LogP) is 0.883. The summed E-state index contributed by atoms with van der Waals surface area (Å²) in [6, 6.07) is 5.26. The molecular weight excluding hydrogens is 236 g/mol. The van der Waals surface area contributed by atoms with E-state index >= 15 is 0 Å². The molecule has 0 amide bonds. The number of aryl methyl sites for hydroxylation is 2. The normalized spacial score (nSPS) is 18.1. The van der Waals surface area contributed by atoms with Crippen LogP contribution in [0.2, 0.25) is 0 Å². The van der Waals surface area contributed by atoms with Crippen LogP contribution in [0.25, 0.3) is 0 Å². The summed E-state index contributed by atoms with van der Waals surface area (Å²) in [5.41, 5.74) is 7.61. The fourth-order valence-corrected chi connectivity index (χ4v) is 3.57. The van der Waals surface area contributed by atoms with Crippen molar-refractivity contribution in [3.8, 4) is 0 Å². The number of sulfonamides is 1. The van der Waals surface area contributed by atoms with Crippen LogP contribution in [0.5, 0.6) is 0 Å². The van der Waals surface area contributed by atoms with Crippen LogP contribution in [0.1, 0.15) is 11.1 Å². The Labute approximate surface area is 102 Å². The van der Waals surface area contributed by atoms with Crippen molar-refractivity contribution < 1.29 is 8.42 Å². The van der Waals surface area contributed by atoms with E-state index < -0.39 is 10.0 Å². The summed E-state index contributed by atoms with van der Waals surface area (Å²) in [6.45, 7) is 5.55. The van der Waals surface area contributed by atoms with Gasteiger partial charge in [0.2, 0.25) is 10.0 Å². The summed E-state index contributed by atoms with van der Waals surface area (Å²) >= 11 is 0. The summed E-state index contributed by atoms with van der Waals surface area (Å²) in [6.07, 6.45) is 0. The standard InChI is InChI=1S/C12H18N2O2S/c1-9-3-4-12(5-10(9)2)17(15,16)14-7-11(6-13)8-14/h3-5,11H,6-8,13H2,1-2H3. The summed E-state index contributed by atoms with van der Waals surface area (Å²) in [5.74, 6) is 0.316. The molecule has 0 spiro atoms. The first kappa shape index (κ1) is 12.5. The van der Waals surface area contributed by atoms with Gasteiger partial charge in [0.25, 0.3) is 0 Å². The van der Waals surface area contributed by atoms with E-state index in [1.807, 2.05) is 19.9 Å². The quantitative estimate of drug-likeness (QED) is 0.871. The molecule has 0 bridgehead atoms. The van der Waals surface area contributed by atoms with Crippen LogP contribution >= 0.6 is 0 Å². The minimum absolute atomic E-state index is 0.316. The minimum Gasteiger partial charge on any atom is -0.330 e. The van der Waals surface area contributed by atoms with Crippen molar-refractivity contribution in [2.75, 3.05) is 19.6 Å². The summed E-state index contributed by atoms with van der Waals surface area (Å²) in [5, 5.41) is 0. The fourth-order valence-electron chi connectivity index (χ4n) is 1.89. The predicted molar refractivity (Wildman–Crippen MR) is 67.2 cm³/mol. The molecule has 1 aliphatic heterocycles. The van der Waals surface area contributed by atoms with Gasteiger partial charge in [0.1, 0.15) is 0 Å². The van der Waals surface area contributed by atoms with Crippen molar-refractivity contribution >= 4 is 10.0 Å². The first-order valence-corrected chi connectivity index (χ1v) is 7.16. The molecule has 1 heterocycles. The van der Waals surface area contributed by atoms with Gasteiger partial charge in [-0.25, -0.2) is 8.42 Å². The van der Waals surface area contributed by atoms with Crippen LogP contribution in [0.15, 0.2) is 23.1 Å². The Morgan fingerprint density at radius 1 is 1.29 bits per heavy atom. The van der Waals surface area contributed by atoms with Gasteiger partial charge >= 0.3 is 0 Å². The van der Waals surface area contributed by atoms with Gasteiger partial charge in [0, 0.05) is 13.1 Å². The largest absolute Gasteiger partial charge is 0.330 e. The van der Waals surface area contributed by atoms with E-state index in [2.05, 4.69) is 0 Å². The molecule has 0 radical (unpaired) electrons. The highest BCUT2D eigenvalue weighted by Crippen LogP contribution is 2.25. The second kappa shape index (κ2) is 4.40. The lowest BCUT2D eigenvalue weighted by atomic mass is 10.0. The van der Waals surface area contributed by atoms with Gasteiger partial charge in [-0.05, 0) is 49.6 Å². The lowest BCUT2D eigenvalue weighted by molar-refractivity contribution is 0.207. The zero-order valence-corrected chi connectivity index (χ0v) is 11.0. The Bertz CT molecular complexity index is 519. The lowest BCUT2D eigenvalue weighted by Crippen LogP contribution is -2.52. The van der Waals surface area contributed by atoms with Crippen molar-refractivity contribution in [2.45, 2.75) is 18.7 Å². The number of hydrogen-bond donors (Lipinski definition) is 1. The highest BCUT2D eigenvalue weighted by atomic mass is 32.2. The van der Waals surface area contributed by atoms with Crippen molar-refractivity contribution in [3.05, 3.63) is 29.3 Å². The van der Waals surface area contributed by atoms with Gasteiger partial charge in [-0.1, -0.05) is 6.07 Å². The Kier molecular flexibility index (Phi) is 3.25. The molecule has 1 aromatic rings. The molecular formula is C12H18N2O2S. The van der Waals surface area contributed by atoms with Crippen molar-refractivity contribution in [2.24, 2.45) is 11.7 Å². The maximum absolute atomic E-state index is 12.2. The van der Waals surface area contributed by atoms with Crippen LogP contribution in [0.3, 0.4) is 0 Å². The van der Waals surface area contributed by atoms with Crippen LogP contribution in [-0.2, 0) is 10.0 Å². The van der Waals surface area contributed by atoms with Gasteiger partial charge < -0.3 is 5.73 Å². The zero-order valence-electron chi connectivity index (χ0n) is 10.2. The maximum atomic E-state index is 12.2. The highest BCUT2D eigenvalue weighted by Gasteiger charge is 2.35. The van der Waals surface area contributed by atoms with Crippen molar-refractivity contribution in [1.82, 2.24) is 4.31 Å². The van der Waals surface area contributed by atoms with E-state index in [0.717, 1.165) is 11.1 Å². The molecule has 0 unspecified atom stereocenters. The number of nitrogens with two attached hydrogens (primary N) is 1. The van der Waals surface area contributed by atoms with E-state index in [-0.39, 0.29) is 0 Å². The Balaban J connectivity index is 2.24. The van der Waals surface area contributed by atoms with Gasteiger partial charge in [0.15, 0.2) is 0 Å². The van der Waals surface area contributed by atoms with Gasteiger partial charge in [-0.2, -0.15) is 4.31 Å². The van der Waals surface area contributed by atoms with E-state index in [0.29, 0.717) is 30.4 Å². The molecule has 1 saturated heterocycles. The van der Waals surface area contributed by atoms with Crippen molar-refractivity contribution in [1.29, 1.82) is 0 Å². The molecule has 1 fully saturated rings. The molecule has 0 aromatic heterocycles. The van der Waals surface area contributed by atoms with Gasteiger partial charge in [0.05, 0.1) is 4.90 Å². The molecule has 1 aromatic carbocycles. The Morgan fingerprint density at radius 3 is 2.47 bits per heavy atom. The smallest absolute Gasteiger partial charge is 0.243 e. The van der Waals surface area contributed by atoms with Crippen molar-refractivity contribution in [3.63, 3.8) is 0 Å². The number of hydrogen-bond acceptors (Lipinski definition) is 3. The molecule has 0 saturated carbocycles. The molecule has 1 aliphatic rings. The molecule has 0 atom stereocenters. The fraction of sp³-hybridized carbons (Fsp3) is 0.500. The third kappa shape index (κ3) is 2.22. The average molecular weight is 254 g/mol. The van der Waals surface area contributed by atoms with Gasteiger partial charge in [-0.15, -0.1) is 0 Å². The second-order valence-corrected chi connectivity index (χ2v) is 6.61. The second-order valence-electron chi connectivity index (χ2n) is 4.67. The van der Waals surface area contributed by atoms with E-state index in [1.54, 1.807) is 12.1 Å². The topological polar surface area (TPSA) is 63.4 Å². The molecule has 2 N–H and O–H groups in total. The van der Waals surface area contributed by atoms with E-state index in [1.165, 1.54) is 4.31 Å². The van der Waals surface area contributed by atoms with Gasteiger partial charge in [-0.3, -0.25) is 0 Å². The molecule has 17 heavy (non-hydrogen) atoms. The third-order valence-corrected chi connectivity index (χ3v) is 5.20. The minimum atomic E-state index is -3.31. The monoisotopic (exact) mass is 254 g/mol. The molecule has 0 aliphatic carbocycles. The third-order valence-electron chi connectivity index (χ3n) is 3.37. The molecule has 2 rings (SSSR count). The summed E-state index contributed by atoms with van der Waals surface area (Å²) in [4.78, 5) is 0.385. The van der Waals surface area contributed by atoms with Crippen LogP contribution in [0.4, 0.5) is 0 Å². The van der Waals surface area contributed by atoms with E-state index in [4.69, 9.17) is 5.73 Å². The number of nitrogens with zero attached hydrogens (tertiary/aromatic N) is 1. The molecule has 5 heteroatoms. The first-order chi connectivity index (χ1) is 7.95. The summed E-state index contributed by atoms with van der Waals surface area (Å²) < 4.78 is 25.9. The molecule has 4 nitrogen and oxygen atoms in total. The Morgan fingerprint density at radius 2 is 1.94 bits per heavy atom. The number of rotatable bonds is 3. The first-order valence-electron chi connectivity index (χ1n) is 5.72. The summed E-state index contributed by atoms with van der Waals surface area (Å²) in [7, 11) is -3.31.